The molecule has 40 heavy (non-hydrogen) atoms. The number of nitrogen functional groups attached to an aromatic ring is 1. The van der Waals surface area contributed by atoms with E-state index in [1.807, 2.05) is 0 Å². The second-order valence-corrected chi connectivity index (χ2v) is 9.97. The Balaban J connectivity index is 1.91. The van der Waals surface area contributed by atoms with Crippen LogP contribution in [-0.4, -0.2) is 76.8 Å². The maximum Gasteiger partial charge on any atom is 0.459 e. The number of para-hydroxylation sites is 1. The van der Waals surface area contributed by atoms with Gasteiger partial charge in [0.15, 0.2) is 16.8 Å². The summed E-state index contributed by atoms with van der Waals surface area (Å²) in [6, 6.07) is 8.11. The van der Waals surface area contributed by atoms with Crippen LogP contribution in [0.2, 0.25) is 0 Å². The molecule has 1 unspecified atom stereocenters. The number of nitrogens with one attached hydrogen (secondary N) is 1. The fraction of sp³-hybridized carbons (Fsp3) is 0.455. The van der Waals surface area contributed by atoms with Gasteiger partial charge in [-0.15, -0.1) is 0 Å². The van der Waals surface area contributed by atoms with Gasteiger partial charge in [0, 0.05) is 12.0 Å². The third kappa shape index (κ3) is 6.96. The Kier molecular flexibility index (Phi) is 10.2. The topological polar surface area (TPSA) is 231 Å². The molecule has 0 aliphatic rings. The van der Waals surface area contributed by atoms with Crippen LogP contribution in [0.4, 0.5) is 5.95 Å². The SMILES string of the molecule is CCOC(=O)CNP(=O)(OC[C@@H](OC)[C@@H](O)[C@@](C)(N=[N+]=[N-])n1cnc2c(OC)nc(N)nc21)Oc1ccccc1. The number of benzene rings is 1. The van der Waals surface area contributed by atoms with Crippen molar-refractivity contribution in [3.63, 3.8) is 0 Å². The van der Waals surface area contributed by atoms with Gasteiger partial charge in [0.05, 0.1) is 26.7 Å². The van der Waals surface area contributed by atoms with Gasteiger partial charge in [0.2, 0.25) is 11.8 Å². The summed E-state index contributed by atoms with van der Waals surface area (Å²) in [5.74, 6) is -0.586. The fourth-order valence-electron chi connectivity index (χ4n) is 3.61. The molecule has 0 aliphatic carbocycles. The van der Waals surface area contributed by atoms with Gasteiger partial charge < -0.3 is 34.1 Å². The molecule has 216 valence electrons. The molecule has 2 aromatic heterocycles. The molecule has 3 aromatic rings. The maximum atomic E-state index is 13.6. The number of carbonyl (C=O) groups is 1. The number of nitrogens with zero attached hydrogens (tertiary/aromatic N) is 7. The normalized spacial score (nSPS) is 15.7. The lowest BCUT2D eigenvalue weighted by atomic mass is 10.0. The minimum absolute atomic E-state index is 0.0670. The zero-order valence-corrected chi connectivity index (χ0v) is 23.1. The van der Waals surface area contributed by atoms with E-state index in [1.54, 1.807) is 25.1 Å². The monoisotopic (exact) mass is 579 g/mol. The number of aliphatic hydroxyl groups excluding tert-OH is 1. The fourth-order valence-corrected chi connectivity index (χ4v) is 4.89. The van der Waals surface area contributed by atoms with Crippen molar-refractivity contribution < 1.29 is 37.7 Å². The minimum Gasteiger partial charge on any atom is -0.479 e. The van der Waals surface area contributed by atoms with E-state index < -0.39 is 44.7 Å². The average molecular weight is 580 g/mol. The predicted molar refractivity (Wildman–Crippen MR) is 141 cm³/mol. The van der Waals surface area contributed by atoms with Crippen LogP contribution in [0.15, 0.2) is 41.8 Å². The number of hydrogen-bond acceptors (Lipinski definition) is 13. The molecule has 0 amide bonds. The Morgan fingerprint density at radius 2 is 2.05 bits per heavy atom. The third-order valence-electron chi connectivity index (χ3n) is 5.62. The van der Waals surface area contributed by atoms with Gasteiger partial charge >= 0.3 is 13.7 Å². The number of ether oxygens (including phenoxy) is 3. The molecule has 0 bridgehead atoms. The Hall–Kier alpha value is -3.98. The van der Waals surface area contributed by atoms with Crippen molar-refractivity contribution in [2.24, 2.45) is 5.11 Å². The number of carbonyl (C=O) groups excluding carboxylic acids is 1. The number of hydrogen-bond donors (Lipinski definition) is 3. The molecule has 3 rings (SSSR count). The first-order chi connectivity index (χ1) is 19.1. The summed E-state index contributed by atoms with van der Waals surface area (Å²) in [5.41, 5.74) is 13.6. The Morgan fingerprint density at radius 1 is 1.32 bits per heavy atom. The van der Waals surface area contributed by atoms with Crippen LogP contribution in [0.3, 0.4) is 0 Å². The van der Waals surface area contributed by atoms with E-state index >= 15 is 0 Å². The number of rotatable bonds is 15. The number of imidazole rings is 1. The molecule has 1 aromatic carbocycles. The molecule has 0 radical (unpaired) electrons. The van der Waals surface area contributed by atoms with E-state index in [0.29, 0.717) is 0 Å². The van der Waals surface area contributed by atoms with Crippen LogP contribution in [0.5, 0.6) is 11.6 Å². The molecule has 2 heterocycles. The van der Waals surface area contributed by atoms with Crippen LogP contribution in [0.1, 0.15) is 13.8 Å². The molecule has 4 atom stereocenters. The molecule has 0 spiro atoms. The van der Waals surface area contributed by atoms with Crippen molar-refractivity contribution in [1.82, 2.24) is 24.6 Å². The van der Waals surface area contributed by atoms with Gasteiger partial charge in [-0.25, -0.2) is 14.6 Å². The first-order valence-electron chi connectivity index (χ1n) is 11.8. The van der Waals surface area contributed by atoms with Crippen molar-refractivity contribution >= 4 is 30.8 Å². The van der Waals surface area contributed by atoms with E-state index in [-0.39, 0.29) is 35.3 Å². The summed E-state index contributed by atoms with van der Waals surface area (Å²) in [6.45, 7) is 2.11. The number of methoxy groups -OCH3 is 2. The summed E-state index contributed by atoms with van der Waals surface area (Å²) >= 11 is 0. The molecule has 0 fully saturated rings. The quantitative estimate of drug-likeness (QED) is 0.0771. The highest BCUT2D eigenvalue weighted by Crippen LogP contribution is 2.44. The summed E-state index contributed by atoms with van der Waals surface area (Å²) < 4.78 is 41.5. The molecule has 4 N–H and O–H groups in total. The van der Waals surface area contributed by atoms with E-state index in [1.165, 1.54) is 44.2 Å². The summed E-state index contributed by atoms with van der Waals surface area (Å²) in [4.78, 5) is 27.1. The number of esters is 1. The van der Waals surface area contributed by atoms with E-state index in [4.69, 9.17) is 29.0 Å². The third-order valence-corrected chi connectivity index (χ3v) is 7.11. The molecule has 17 nitrogen and oxygen atoms in total. The first kappa shape index (κ1) is 30.6. The van der Waals surface area contributed by atoms with Crippen LogP contribution < -0.4 is 20.1 Å². The number of anilines is 1. The van der Waals surface area contributed by atoms with Crippen molar-refractivity contribution in [2.75, 3.05) is 39.7 Å². The second kappa shape index (κ2) is 13.4. The molecular formula is C22H30N9O8P. The number of fused-ring (bicyclic) bond motifs is 1. The highest BCUT2D eigenvalue weighted by Gasteiger charge is 2.43. The van der Waals surface area contributed by atoms with E-state index in [0.717, 1.165) is 0 Å². The van der Waals surface area contributed by atoms with Crippen molar-refractivity contribution in [2.45, 2.75) is 31.7 Å². The molecule has 18 heteroatoms. The summed E-state index contributed by atoms with van der Waals surface area (Å²) in [5, 5.41) is 17.6. The number of azide groups is 1. The smallest absolute Gasteiger partial charge is 0.459 e. The van der Waals surface area contributed by atoms with E-state index in [2.05, 4.69) is 30.1 Å². The number of nitrogens with two attached hydrogens (primary N) is 1. The molecule has 0 saturated heterocycles. The second-order valence-electron chi connectivity index (χ2n) is 8.22. The Bertz CT molecular complexity index is 1400. The Morgan fingerprint density at radius 3 is 2.67 bits per heavy atom. The van der Waals surface area contributed by atoms with Crippen LogP contribution in [-0.2, 0) is 29.0 Å². The van der Waals surface area contributed by atoms with Crippen LogP contribution in [0, 0.1) is 0 Å². The maximum absolute atomic E-state index is 13.6. The van der Waals surface area contributed by atoms with Gasteiger partial charge in [-0.05, 0) is 31.5 Å². The zero-order valence-electron chi connectivity index (χ0n) is 22.2. The molecule has 0 aliphatic heterocycles. The molecular weight excluding hydrogens is 549 g/mol. The lowest BCUT2D eigenvalue weighted by Gasteiger charge is -2.35. The molecule has 0 saturated carbocycles. The highest BCUT2D eigenvalue weighted by molar-refractivity contribution is 7.52. The Labute approximate surface area is 228 Å². The summed E-state index contributed by atoms with van der Waals surface area (Å²) in [7, 11) is -1.60. The standard InChI is InChI=1S/C22H30N9O8P/c1-5-37-16(32)11-26-40(34,39-14-9-7-6-8-10-14)38-12-15(35-3)18(33)22(2,29-30-24)31-13-25-17-19(31)27-21(23)28-20(17)36-4/h6-10,13,15,18,33H,5,11-12H2,1-4H3,(H,26,34)(H2,23,27,28)/t15-,18-,22+,40?/m1/s1. The van der Waals surface area contributed by atoms with Crippen LogP contribution in [0.25, 0.3) is 21.6 Å². The lowest BCUT2D eigenvalue weighted by molar-refractivity contribution is -0.141. The average Bonchev–Trinajstić information content (AvgIpc) is 3.37. The van der Waals surface area contributed by atoms with Gasteiger partial charge in [0.25, 0.3) is 0 Å². The van der Waals surface area contributed by atoms with Gasteiger partial charge in [-0.1, -0.05) is 23.3 Å². The highest BCUT2D eigenvalue weighted by atomic mass is 31.2. The lowest BCUT2D eigenvalue weighted by Crippen LogP contribution is -2.49. The van der Waals surface area contributed by atoms with Gasteiger partial charge in [-0.3, -0.25) is 9.32 Å². The number of aromatic nitrogens is 4. The van der Waals surface area contributed by atoms with Crippen LogP contribution >= 0.6 is 7.75 Å². The predicted octanol–water partition coefficient (Wildman–Crippen LogP) is 2.13. The minimum atomic E-state index is -4.23. The summed E-state index contributed by atoms with van der Waals surface area (Å²) in [6.07, 6.45) is -1.63. The van der Waals surface area contributed by atoms with Crippen molar-refractivity contribution in [1.29, 1.82) is 0 Å². The van der Waals surface area contributed by atoms with Gasteiger partial charge in [-0.2, -0.15) is 9.97 Å². The first-order valence-corrected chi connectivity index (χ1v) is 13.4. The van der Waals surface area contributed by atoms with Crippen molar-refractivity contribution in [3.05, 3.63) is 47.1 Å². The van der Waals surface area contributed by atoms with Crippen molar-refractivity contribution in [3.8, 4) is 11.6 Å². The number of aliphatic hydroxyl groups is 1. The largest absolute Gasteiger partial charge is 0.479 e. The van der Waals surface area contributed by atoms with Gasteiger partial charge in [0.1, 0.15) is 24.5 Å². The zero-order chi connectivity index (χ0) is 29.3. The van der Waals surface area contributed by atoms with E-state index in [9.17, 15) is 20.0 Å².